The van der Waals surface area contributed by atoms with E-state index in [1.54, 1.807) is 36.0 Å². The monoisotopic (exact) mass is 401 g/mol. The second-order valence-corrected chi connectivity index (χ2v) is 9.26. The molecule has 0 fully saturated rings. The van der Waals surface area contributed by atoms with Gasteiger partial charge in [0.2, 0.25) is 10.0 Å². The van der Waals surface area contributed by atoms with Crippen LogP contribution in [-0.4, -0.2) is 26.5 Å². The zero-order valence-electron chi connectivity index (χ0n) is 13.3. The van der Waals surface area contributed by atoms with Crippen LogP contribution in [0.4, 0.5) is 0 Å². The third-order valence-electron chi connectivity index (χ3n) is 3.44. The highest BCUT2D eigenvalue weighted by Gasteiger charge is 2.18. The molecule has 0 aliphatic rings. The number of rotatable bonds is 8. The molecule has 7 heteroatoms. The molecule has 0 aromatic heterocycles. The van der Waals surface area contributed by atoms with Crippen molar-refractivity contribution >= 4 is 46.0 Å². The average molecular weight is 402 g/mol. The van der Waals surface area contributed by atoms with E-state index in [-0.39, 0.29) is 10.1 Å². The molecule has 1 unspecified atom stereocenters. The fraction of sp³-hybridized carbons (Fsp3) is 0.294. The summed E-state index contributed by atoms with van der Waals surface area (Å²) < 4.78 is 27.6. The Balaban J connectivity index is 2.11. The molecule has 0 saturated heterocycles. The van der Waals surface area contributed by atoms with Crippen molar-refractivity contribution in [3.8, 4) is 0 Å². The lowest BCUT2D eigenvalue weighted by Crippen LogP contribution is -2.28. The van der Waals surface area contributed by atoms with Crippen LogP contribution in [0, 0.1) is 6.92 Å². The van der Waals surface area contributed by atoms with E-state index in [0.717, 1.165) is 22.6 Å². The van der Waals surface area contributed by atoms with Crippen molar-refractivity contribution < 1.29 is 8.42 Å². The standard InChI is InChI=1S/C17H20ClNO2S3/c1-13-2-8-16(9-3-13)24(20,21)19-12-17(23-11-10-22)14-4-6-15(18)7-5-14/h2-9,17,19,22H,10-12H2,1H3. The van der Waals surface area contributed by atoms with Crippen molar-refractivity contribution in [3.63, 3.8) is 0 Å². The average Bonchev–Trinajstić information content (AvgIpc) is 2.56. The summed E-state index contributed by atoms with van der Waals surface area (Å²) in [5, 5.41) is 0.673. The number of hydrogen-bond donors (Lipinski definition) is 2. The summed E-state index contributed by atoms with van der Waals surface area (Å²) in [6.45, 7) is 2.24. The van der Waals surface area contributed by atoms with Gasteiger partial charge >= 0.3 is 0 Å². The smallest absolute Gasteiger partial charge is 0.210 e. The van der Waals surface area contributed by atoms with Gasteiger partial charge in [-0.3, -0.25) is 0 Å². The van der Waals surface area contributed by atoms with Crippen molar-refractivity contribution in [3.05, 3.63) is 64.7 Å². The number of hydrogen-bond acceptors (Lipinski definition) is 4. The lowest BCUT2D eigenvalue weighted by molar-refractivity contribution is 0.581. The van der Waals surface area contributed by atoms with Gasteiger partial charge in [-0.25, -0.2) is 13.1 Å². The Labute approximate surface area is 158 Å². The van der Waals surface area contributed by atoms with Crippen LogP contribution in [0.15, 0.2) is 53.4 Å². The first-order valence-electron chi connectivity index (χ1n) is 7.46. The lowest BCUT2D eigenvalue weighted by atomic mass is 10.1. The summed E-state index contributed by atoms with van der Waals surface area (Å²) in [7, 11) is -3.52. The van der Waals surface area contributed by atoms with Crippen molar-refractivity contribution in [2.75, 3.05) is 18.1 Å². The highest BCUT2D eigenvalue weighted by atomic mass is 35.5. The Kier molecular flexibility index (Phi) is 7.50. The molecule has 0 amide bonds. The van der Waals surface area contributed by atoms with Gasteiger partial charge in [0.25, 0.3) is 0 Å². The first-order valence-corrected chi connectivity index (χ1v) is 11.0. The second kappa shape index (κ2) is 9.15. The fourth-order valence-electron chi connectivity index (χ4n) is 2.13. The quantitative estimate of drug-likeness (QED) is 0.647. The number of nitrogens with one attached hydrogen (secondary N) is 1. The maximum absolute atomic E-state index is 12.5. The zero-order valence-corrected chi connectivity index (χ0v) is 16.6. The summed E-state index contributed by atoms with van der Waals surface area (Å²) in [6, 6.07) is 14.3. The number of halogens is 1. The van der Waals surface area contributed by atoms with E-state index in [2.05, 4.69) is 17.4 Å². The van der Waals surface area contributed by atoms with E-state index in [9.17, 15) is 8.42 Å². The van der Waals surface area contributed by atoms with Crippen molar-refractivity contribution in [2.24, 2.45) is 0 Å². The summed E-state index contributed by atoms with van der Waals surface area (Å²) in [5.41, 5.74) is 2.06. The Morgan fingerprint density at radius 1 is 1.12 bits per heavy atom. The molecule has 0 aliphatic carbocycles. The van der Waals surface area contributed by atoms with Gasteiger partial charge in [-0.2, -0.15) is 24.4 Å². The highest BCUT2D eigenvalue weighted by Crippen LogP contribution is 2.29. The predicted molar refractivity (Wildman–Crippen MR) is 107 cm³/mol. The number of benzene rings is 2. The van der Waals surface area contributed by atoms with Gasteiger partial charge in [-0.15, -0.1) is 0 Å². The number of thioether (sulfide) groups is 1. The van der Waals surface area contributed by atoms with E-state index in [4.69, 9.17) is 11.6 Å². The minimum atomic E-state index is -3.52. The number of sulfonamides is 1. The van der Waals surface area contributed by atoms with Crippen LogP contribution in [0.2, 0.25) is 5.02 Å². The summed E-state index contributed by atoms with van der Waals surface area (Å²) in [5.74, 6) is 1.57. The van der Waals surface area contributed by atoms with Crippen LogP contribution in [0.3, 0.4) is 0 Å². The van der Waals surface area contributed by atoms with E-state index in [0.29, 0.717) is 11.6 Å². The summed E-state index contributed by atoms with van der Waals surface area (Å²) in [6.07, 6.45) is 0. The van der Waals surface area contributed by atoms with Gasteiger partial charge < -0.3 is 0 Å². The maximum atomic E-state index is 12.5. The molecule has 0 bridgehead atoms. The largest absolute Gasteiger partial charge is 0.240 e. The third-order valence-corrected chi connectivity index (χ3v) is 6.94. The molecular weight excluding hydrogens is 382 g/mol. The molecule has 130 valence electrons. The topological polar surface area (TPSA) is 46.2 Å². The Hall–Kier alpha value is -0.660. The van der Waals surface area contributed by atoms with Crippen LogP contribution in [0.1, 0.15) is 16.4 Å². The summed E-state index contributed by atoms with van der Waals surface area (Å²) in [4.78, 5) is 0.280. The Morgan fingerprint density at radius 2 is 1.75 bits per heavy atom. The van der Waals surface area contributed by atoms with Crippen LogP contribution in [0.25, 0.3) is 0 Å². The van der Waals surface area contributed by atoms with Crippen molar-refractivity contribution in [1.82, 2.24) is 4.72 Å². The second-order valence-electron chi connectivity index (χ2n) is 5.30. The van der Waals surface area contributed by atoms with Crippen LogP contribution < -0.4 is 4.72 Å². The van der Waals surface area contributed by atoms with E-state index >= 15 is 0 Å². The van der Waals surface area contributed by atoms with Crippen LogP contribution >= 0.6 is 36.0 Å². The van der Waals surface area contributed by atoms with E-state index in [1.165, 1.54) is 0 Å². The molecule has 2 rings (SSSR count). The maximum Gasteiger partial charge on any atom is 0.240 e. The van der Waals surface area contributed by atoms with Gasteiger partial charge in [0.1, 0.15) is 0 Å². The van der Waals surface area contributed by atoms with Crippen molar-refractivity contribution in [1.29, 1.82) is 0 Å². The van der Waals surface area contributed by atoms with Crippen LogP contribution in [0.5, 0.6) is 0 Å². The first kappa shape index (κ1) is 19.7. The number of aryl methyl sites for hydroxylation is 1. The Bertz CT molecular complexity index is 746. The molecule has 1 N–H and O–H groups in total. The third kappa shape index (κ3) is 5.70. The fourth-order valence-corrected chi connectivity index (χ4v) is 4.67. The normalized spacial score (nSPS) is 13.0. The SMILES string of the molecule is Cc1ccc(S(=O)(=O)NCC(SCCS)c2ccc(Cl)cc2)cc1. The molecule has 2 aromatic carbocycles. The molecule has 24 heavy (non-hydrogen) atoms. The zero-order chi connectivity index (χ0) is 17.6. The molecule has 3 nitrogen and oxygen atoms in total. The van der Waals surface area contributed by atoms with Gasteiger partial charge in [-0.05, 0) is 42.5 Å². The van der Waals surface area contributed by atoms with Gasteiger partial charge in [-0.1, -0.05) is 41.4 Å². The van der Waals surface area contributed by atoms with Crippen LogP contribution in [-0.2, 0) is 10.0 Å². The molecular formula is C17H20ClNO2S3. The van der Waals surface area contributed by atoms with Gasteiger partial charge in [0.05, 0.1) is 4.90 Å². The molecule has 0 spiro atoms. The predicted octanol–water partition coefficient (Wildman–Crippen LogP) is 4.33. The molecule has 0 aliphatic heterocycles. The lowest BCUT2D eigenvalue weighted by Gasteiger charge is -2.18. The van der Waals surface area contributed by atoms with E-state index in [1.807, 2.05) is 31.2 Å². The Morgan fingerprint density at radius 3 is 2.33 bits per heavy atom. The first-order chi connectivity index (χ1) is 11.4. The minimum absolute atomic E-state index is 0.00893. The molecule has 0 heterocycles. The van der Waals surface area contributed by atoms with E-state index < -0.39 is 10.0 Å². The van der Waals surface area contributed by atoms with Gasteiger partial charge in [0.15, 0.2) is 0 Å². The molecule has 0 radical (unpaired) electrons. The molecule has 0 saturated carbocycles. The van der Waals surface area contributed by atoms with Crippen molar-refractivity contribution in [2.45, 2.75) is 17.1 Å². The van der Waals surface area contributed by atoms with Gasteiger partial charge in [0, 0.05) is 22.6 Å². The summed E-state index contributed by atoms with van der Waals surface area (Å²) >= 11 is 11.8. The molecule has 1 atom stereocenters. The highest BCUT2D eigenvalue weighted by molar-refractivity contribution is 8.00. The number of thiol groups is 1. The minimum Gasteiger partial charge on any atom is -0.210 e. The molecule has 2 aromatic rings.